The largest absolute Gasteiger partial charge is 0.350 e. The van der Waals surface area contributed by atoms with E-state index < -0.39 is 35.0 Å². The molecule has 1 aliphatic rings. The predicted molar refractivity (Wildman–Crippen MR) is 112 cm³/mol. The molecule has 3 aromatic carbocycles. The van der Waals surface area contributed by atoms with E-state index in [-0.39, 0.29) is 16.8 Å². The van der Waals surface area contributed by atoms with Crippen LogP contribution in [0, 0.1) is 31.3 Å². The summed E-state index contributed by atoms with van der Waals surface area (Å²) < 4.78 is 41.6. The van der Waals surface area contributed by atoms with Crippen molar-refractivity contribution in [3.63, 3.8) is 0 Å². The summed E-state index contributed by atoms with van der Waals surface area (Å²) in [5, 5.41) is 2.96. The summed E-state index contributed by atoms with van der Waals surface area (Å²) in [6.45, 7) is 3.76. The third-order valence-corrected chi connectivity index (χ3v) is 4.86. The van der Waals surface area contributed by atoms with Crippen LogP contribution in [-0.2, 0) is 9.59 Å². The second kappa shape index (κ2) is 7.75. The molecule has 0 unspecified atom stereocenters. The van der Waals surface area contributed by atoms with Crippen LogP contribution in [0.5, 0.6) is 0 Å². The highest BCUT2D eigenvalue weighted by Gasteiger charge is 2.41. The van der Waals surface area contributed by atoms with Gasteiger partial charge in [-0.05, 0) is 66.9 Å². The minimum Gasteiger partial charge on any atom is -0.350 e. The van der Waals surface area contributed by atoms with Gasteiger partial charge in [-0.1, -0.05) is 18.2 Å². The topological polar surface area (TPSA) is 49.4 Å². The van der Waals surface area contributed by atoms with E-state index in [1.54, 1.807) is 12.1 Å². The minimum absolute atomic E-state index is 0.0622. The van der Waals surface area contributed by atoms with Gasteiger partial charge in [0.1, 0.15) is 23.1 Å². The average Bonchev–Trinajstić information content (AvgIpc) is 2.94. The number of benzene rings is 3. The van der Waals surface area contributed by atoms with Gasteiger partial charge < -0.3 is 5.32 Å². The molecule has 0 aliphatic carbocycles. The number of anilines is 2. The first-order valence-corrected chi connectivity index (χ1v) is 9.44. The molecule has 3 aromatic rings. The molecule has 0 atom stereocenters. The van der Waals surface area contributed by atoms with Crippen molar-refractivity contribution in [3.8, 4) is 0 Å². The maximum atomic E-state index is 14.4. The third kappa shape index (κ3) is 3.82. The van der Waals surface area contributed by atoms with Gasteiger partial charge in [-0.15, -0.1) is 0 Å². The molecule has 1 heterocycles. The normalized spacial score (nSPS) is 13.9. The van der Waals surface area contributed by atoms with E-state index >= 15 is 0 Å². The monoisotopic (exact) mass is 422 g/mol. The minimum atomic E-state index is -0.922. The van der Waals surface area contributed by atoms with Gasteiger partial charge in [0.15, 0.2) is 0 Å². The number of hydrogen-bond donors (Lipinski definition) is 1. The Morgan fingerprint density at radius 1 is 0.742 bits per heavy atom. The van der Waals surface area contributed by atoms with Gasteiger partial charge in [0.2, 0.25) is 0 Å². The molecule has 0 spiro atoms. The number of amides is 2. The van der Waals surface area contributed by atoms with Crippen molar-refractivity contribution in [2.75, 3.05) is 10.2 Å². The van der Waals surface area contributed by atoms with E-state index in [4.69, 9.17) is 0 Å². The lowest BCUT2D eigenvalue weighted by Crippen LogP contribution is -2.33. The van der Waals surface area contributed by atoms with Crippen molar-refractivity contribution < 1.29 is 22.8 Å². The fourth-order valence-electron chi connectivity index (χ4n) is 3.60. The molecule has 156 valence electrons. The van der Waals surface area contributed by atoms with Crippen LogP contribution in [-0.4, -0.2) is 11.8 Å². The van der Waals surface area contributed by atoms with Crippen LogP contribution in [0.4, 0.5) is 24.5 Å². The smallest absolute Gasteiger partial charge is 0.282 e. The summed E-state index contributed by atoms with van der Waals surface area (Å²) in [6, 6.07) is 13.0. The molecule has 1 N–H and O–H groups in total. The van der Waals surface area contributed by atoms with Gasteiger partial charge in [0.25, 0.3) is 11.8 Å². The van der Waals surface area contributed by atoms with Crippen LogP contribution < -0.4 is 10.2 Å². The maximum Gasteiger partial charge on any atom is 0.282 e. The number of hydrogen-bond acceptors (Lipinski definition) is 3. The molecule has 7 heteroatoms. The van der Waals surface area contributed by atoms with Crippen molar-refractivity contribution in [1.29, 1.82) is 0 Å². The number of halogens is 3. The van der Waals surface area contributed by atoms with E-state index in [2.05, 4.69) is 5.32 Å². The zero-order chi connectivity index (χ0) is 22.3. The Morgan fingerprint density at radius 3 is 2.00 bits per heavy atom. The molecular formula is C24H17F3N2O2. The molecule has 0 radical (unpaired) electrons. The van der Waals surface area contributed by atoms with Crippen molar-refractivity contribution in [2.24, 2.45) is 0 Å². The molecule has 4 rings (SSSR count). The molecular weight excluding hydrogens is 405 g/mol. The number of carbonyl (C=O) groups is 2. The predicted octanol–water partition coefficient (Wildman–Crippen LogP) is 5.12. The quantitative estimate of drug-likeness (QED) is 0.594. The molecule has 0 saturated heterocycles. The highest BCUT2D eigenvalue weighted by molar-refractivity contribution is 6.46. The lowest BCUT2D eigenvalue weighted by atomic mass is 10.0. The molecule has 0 fully saturated rings. The van der Waals surface area contributed by atoms with Gasteiger partial charge in [0.05, 0.1) is 11.3 Å². The zero-order valence-electron chi connectivity index (χ0n) is 16.7. The van der Waals surface area contributed by atoms with E-state index in [1.165, 1.54) is 12.1 Å². The van der Waals surface area contributed by atoms with Crippen LogP contribution >= 0.6 is 0 Å². The second-order valence-corrected chi connectivity index (χ2v) is 7.30. The molecule has 4 nitrogen and oxygen atoms in total. The number of nitrogens with one attached hydrogen (secondary N) is 1. The number of imide groups is 1. The molecule has 0 saturated carbocycles. The number of nitrogens with zero attached hydrogens (tertiary/aromatic N) is 1. The highest BCUT2D eigenvalue weighted by Crippen LogP contribution is 2.35. The molecule has 1 aliphatic heterocycles. The first kappa shape index (κ1) is 20.4. The SMILES string of the molecule is Cc1cc(C)cc(NC2=C(c3ccc(F)cc3)C(=O)N(c3cc(F)ccc3F)C2=O)c1. The number of carbonyl (C=O) groups excluding carboxylic acids is 2. The highest BCUT2D eigenvalue weighted by atomic mass is 19.1. The van der Waals surface area contributed by atoms with Crippen LogP contribution in [0.2, 0.25) is 0 Å². The van der Waals surface area contributed by atoms with E-state index in [1.807, 2.05) is 19.9 Å². The van der Waals surface area contributed by atoms with Crippen LogP contribution in [0.1, 0.15) is 16.7 Å². The van der Waals surface area contributed by atoms with Crippen LogP contribution in [0.3, 0.4) is 0 Å². The standard InChI is InChI=1S/C24H17F3N2O2/c1-13-9-14(2)11-18(10-13)28-22-21(15-3-5-16(25)6-4-15)23(30)29(24(22)31)20-12-17(26)7-8-19(20)27/h3-12,28H,1-2H3. The fourth-order valence-corrected chi connectivity index (χ4v) is 3.60. The third-order valence-electron chi connectivity index (χ3n) is 4.86. The molecule has 0 bridgehead atoms. The van der Waals surface area contributed by atoms with E-state index in [0.717, 1.165) is 41.5 Å². The molecule has 0 aromatic heterocycles. The number of aryl methyl sites for hydroxylation is 2. The van der Waals surface area contributed by atoms with Crippen molar-refractivity contribution in [2.45, 2.75) is 13.8 Å². The fraction of sp³-hybridized carbons (Fsp3) is 0.0833. The molecule has 31 heavy (non-hydrogen) atoms. The van der Waals surface area contributed by atoms with E-state index in [9.17, 15) is 22.8 Å². The summed E-state index contributed by atoms with van der Waals surface area (Å²) >= 11 is 0. The Bertz CT molecular complexity index is 1230. The summed E-state index contributed by atoms with van der Waals surface area (Å²) in [5.41, 5.74) is 2.01. The van der Waals surface area contributed by atoms with Gasteiger partial charge in [0, 0.05) is 11.8 Å². The first-order valence-electron chi connectivity index (χ1n) is 9.44. The summed E-state index contributed by atoms with van der Waals surface area (Å²) in [4.78, 5) is 27.0. The average molecular weight is 422 g/mol. The number of rotatable bonds is 4. The maximum absolute atomic E-state index is 14.4. The lowest BCUT2D eigenvalue weighted by Gasteiger charge is -2.16. The van der Waals surface area contributed by atoms with Crippen molar-refractivity contribution in [1.82, 2.24) is 0 Å². The summed E-state index contributed by atoms with van der Waals surface area (Å²) in [7, 11) is 0. The van der Waals surface area contributed by atoms with Crippen LogP contribution in [0.25, 0.3) is 5.57 Å². The Morgan fingerprint density at radius 2 is 1.35 bits per heavy atom. The van der Waals surface area contributed by atoms with Gasteiger partial charge in [-0.25, -0.2) is 18.1 Å². The first-order chi connectivity index (χ1) is 14.7. The Hall–Kier alpha value is -3.87. The van der Waals surface area contributed by atoms with Crippen molar-refractivity contribution in [3.05, 3.63) is 101 Å². The van der Waals surface area contributed by atoms with Crippen LogP contribution in [0.15, 0.2) is 66.4 Å². The Balaban J connectivity index is 1.86. The summed E-state index contributed by atoms with van der Waals surface area (Å²) in [5.74, 6) is -3.91. The zero-order valence-corrected chi connectivity index (χ0v) is 16.7. The van der Waals surface area contributed by atoms with Crippen molar-refractivity contribution >= 4 is 28.8 Å². The van der Waals surface area contributed by atoms with E-state index in [0.29, 0.717) is 10.6 Å². The van der Waals surface area contributed by atoms with Gasteiger partial charge in [-0.3, -0.25) is 9.59 Å². The molecule has 2 amide bonds. The summed E-state index contributed by atoms with van der Waals surface area (Å²) in [6.07, 6.45) is 0. The Kier molecular flexibility index (Phi) is 5.10. The van der Waals surface area contributed by atoms with Gasteiger partial charge in [-0.2, -0.15) is 0 Å². The van der Waals surface area contributed by atoms with Gasteiger partial charge >= 0.3 is 0 Å². The second-order valence-electron chi connectivity index (χ2n) is 7.30. The Labute approximate surface area is 176 Å². The lowest BCUT2D eigenvalue weighted by molar-refractivity contribution is -0.120.